The second-order valence-electron chi connectivity index (χ2n) is 4.95. The third-order valence-corrected chi connectivity index (χ3v) is 3.44. The number of alkyl halides is 3. The van der Waals surface area contributed by atoms with Gasteiger partial charge in [-0.2, -0.15) is 13.2 Å². The van der Waals surface area contributed by atoms with Crippen LogP contribution in [-0.4, -0.2) is 47.4 Å². The van der Waals surface area contributed by atoms with Crippen LogP contribution in [0.2, 0.25) is 0 Å². The molecular weight excluding hydrogens is 301 g/mol. The minimum absolute atomic E-state index is 0.0288. The third kappa shape index (κ3) is 3.19. The van der Waals surface area contributed by atoms with Crippen LogP contribution in [0.25, 0.3) is 0 Å². The fraction of sp³-hybridized carbons (Fsp3) is 0.462. The highest BCUT2D eigenvalue weighted by molar-refractivity contribution is 5.98. The van der Waals surface area contributed by atoms with Gasteiger partial charge >= 0.3 is 6.18 Å². The molecule has 1 aromatic rings. The molecule has 0 aromatic carbocycles. The Labute approximate surface area is 124 Å². The van der Waals surface area contributed by atoms with Gasteiger partial charge in [0.05, 0.1) is 11.3 Å². The molecule has 1 aliphatic rings. The molecule has 2 rings (SSSR count). The van der Waals surface area contributed by atoms with Gasteiger partial charge in [-0.25, -0.2) is 4.98 Å². The number of amides is 2. The minimum Gasteiger partial charge on any atom is -0.368 e. The van der Waals surface area contributed by atoms with Crippen LogP contribution < -0.4 is 11.1 Å². The van der Waals surface area contributed by atoms with Gasteiger partial charge in [0, 0.05) is 19.6 Å². The van der Waals surface area contributed by atoms with E-state index in [4.69, 9.17) is 5.73 Å². The number of carbonyl (C=O) groups is 2. The molecule has 120 valence electrons. The molecule has 6 nitrogen and oxygen atoms in total. The topological polar surface area (TPSA) is 88.3 Å². The molecule has 0 saturated carbocycles. The standard InChI is InChI=1S/C13H15F3N4O2/c1-7-8(2-3-10(19-7)13(14,15)16)12(22)20-5-4-18-6-9(20)11(17)21/h2-3,9,18H,4-6H2,1H3,(H2,17,21). The van der Waals surface area contributed by atoms with E-state index >= 15 is 0 Å². The van der Waals surface area contributed by atoms with Crippen LogP contribution in [0.4, 0.5) is 13.2 Å². The lowest BCUT2D eigenvalue weighted by molar-refractivity contribution is -0.141. The predicted octanol–water partition coefficient (Wildman–Crippen LogP) is 0.308. The minimum atomic E-state index is -4.57. The summed E-state index contributed by atoms with van der Waals surface area (Å²) in [6, 6.07) is 0.998. The van der Waals surface area contributed by atoms with Gasteiger partial charge in [0.25, 0.3) is 5.91 Å². The zero-order valence-electron chi connectivity index (χ0n) is 11.8. The Morgan fingerprint density at radius 1 is 1.41 bits per heavy atom. The molecule has 22 heavy (non-hydrogen) atoms. The van der Waals surface area contributed by atoms with Crippen LogP contribution in [0.1, 0.15) is 21.7 Å². The van der Waals surface area contributed by atoms with Crippen molar-refractivity contribution in [1.82, 2.24) is 15.2 Å². The van der Waals surface area contributed by atoms with Gasteiger partial charge in [-0.05, 0) is 19.1 Å². The van der Waals surface area contributed by atoms with Crippen molar-refractivity contribution in [3.8, 4) is 0 Å². The normalized spacial score (nSPS) is 19.1. The molecule has 2 heterocycles. The molecule has 3 N–H and O–H groups in total. The van der Waals surface area contributed by atoms with E-state index in [9.17, 15) is 22.8 Å². The number of aryl methyl sites for hydroxylation is 1. The number of primary amides is 1. The Kier molecular flexibility index (Phi) is 4.36. The fourth-order valence-electron chi connectivity index (χ4n) is 2.30. The Morgan fingerprint density at radius 3 is 2.64 bits per heavy atom. The van der Waals surface area contributed by atoms with Crippen molar-refractivity contribution in [3.63, 3.8) is 0 Å². The lowest BCUT2D eigenvalue weighted by Crippen LogP contribution is -2.58. The summed E-state index contributed by atoms with van der Waals surface area (Å²) in [5.41, 5.74) is 4.18. The molecule has 1 atom stereocenters. The number of rotatable bonds is 2. The number of pyridine rings is 1. The van der Waals surface area contributed by atoms with E-state index in [1.807, 2.05) is 0 Å². The monoisotopic (exact) mass is 316 g/mol. The van der Waals surface area contributed by atoms with Crippen molar-refractivity contribution < 1.29 is 22.8 Å². The van der Waals surface area contributed by atoms with Crippen molar-refractivity contribution >= 4 is 11.8 Å². The van der Waals surface area contributed by atoms with Gasteiger partial charge in [-0.1, -0.05) is 0 Å². The van der Waals surface area contributed by atoms with E-state index in [1.165, 1.54) is 11.8 Å². The number of hydrogen-bond acceptors (Lipinski definition) is 4. The molecule has 0 radical (unpaired) electrons. The van der Waals surface area contributed by atoms with E-state index in [-0.39, 0.29) is 24.3 Å². The number of nitrogens with zero attached hydrogens (tertiary/aromatic N) is 2. The highest BCUT2D eigenvalue weighted by Crippen LogP contribution is 2.28. The third-order valence-electron chi connectivity index (χ3n) is 3.44. The summed E-state index contributed by atoms with van der Waals surface area (Å²) < 4.78 is 37.8. The van der Waals surface area contributed by atoms with Gasteiger partial charge in [-0.15, -0.1) is 0 Å². The summed E-state index contributed by atoms with van der Waals surface area (Å²) in [6.07, 6.45) is -4.57. The molecule has 0 aliphatic carbocycles. The zero-order chi connectivity index (χ0) is 16.5. The Morgan fingerprint density at radius 2 is 2.09 bits per heavy atom. The number of piperazine rings is 1. The van der Waals surface area contributed by atoms with E-state index in [2.05, 4.69) is 10.3 Å². The average molecular weight is 316 g/mol. The smallest absolute Gasteiger partial charge is 0.368 e. The SMILES string of the molecule is Cc1nc(C(F)(F)F)ccc1C(=O)N1CCNCC1C(N)=O. The van der Waals surface area contributed by atoms with Gasteiger partial charge in [0.1, 0.15) is 11.7 Å². The second-order valence-corrected chi connectivity index (χ2v) is 4.95. The second kappa shape index (κ2) is 5.91. The molecule has 1 aromatic heterocycles. The molecule has 1 aliphatic heterocycles. The van der Waals surface area contributed by atoms with Crippen LogP contribution in [-0.2, 0) is 11.0 Å². The highest BCUT2D eigenvalue weighted by Gasteiger charge is 2.35. The van der Waals surface area contributed by atoms with E-state index in [1.54, 1.807) is 0 Å². The predicted molar refractivity (Wildman–Crippen MR) is 70.9 cm³/mol. The van der Waals surface area contributed by atoms with Crippen LogP contribution >= 0.6 is 0 Å². The van der Waals surface area contributed by atoms with E-state index in [0.717, 1.165) is 12.1 Å². The molecule has 9 heteroatoms. The lowest BCUT2D eigenvalue weighted by Gasteiger charge is -2.34. The number of hydrogen-bond donors (Lipinski definition) is 2. The van der Waals surface area contributed by atoms with Crippen molar-refractivity contribution in [1.29, 1.82) is 0 Å². The van der Waals surface area contributed by atoms with Gasteiger partial charge < -0.3 is 16.0 Å². The van der Waals surface area contributed by atoms with E-state index < -0.39 is 29.7 Å². The molecule has 2 amide bonds. The number of carbonyl (C=O) groups excluding carboxylic acids is 2. The lowest BCUT2D eigenvalue weighted by atomic mass is 10.1. The summed E-state index contributed by atoms with van der Waals surface area (Å²) in [5, 5.41) is 2.94. The maximum Gasteiger partial charge on any atom is 0.433 e. The summed E-state index contributed by atoms with van der Waals surface area (Å²) >= 11 is 0. The summed E-state index contributed by atoms with van der Waals surface area (Å²) in [5.74, 6) is -1.22. The summed E-state index contributed by atoms with van der Waals surface area (Å²) in [4.78, 5) is 28.5. The van der Waals surface area contributed by atoms with Crippen molar-refractivity contribution in [2.24, 2.45) is 5.73 Å². The first-order valence-corrected chi connectivity index (χ1v) is 6.57. The van der Waals surface area contributed by atoms with Crippen molar-refractivity contribution in [2.75, 3.05) is 19.6 Å². The molecule has 0 bridgehead atoms. The van der Waals surface area contributed by atoms with E-state index in [0.29, 0.717) is 6.54 Å². The van der Waals surface area contributed by atoms with Crippen LogP contribution in [0.5, 0.6) is 0 Å². The molecular formula is C13H15F3N4O2. The molecule has 1 fully saturated rings. The van der Waals surface area contributed by atoms with Gasteiger partial charge in [0.15, 0.2) is 0 Å². The number of nitrogens with two attached hydrogens (primary N) is 1. The largest absolute Gasteiger partial charge is 0.433 e. The Hall–Kier alpha value is -2.16. The average Bonchev–Trinajstić information content (AvgIpc) is 2.45. The molecule has 1 saturated heterocycles. The maximum absolute atomic E-state index is 12.6. The number of halogens is 3. The Bertz CT molecular complexity index is 603. The first-order chi connectivity index (χ1) is 10.2. The first-order valence-electron chi connectivity index (χ1n) is 6.57. The first kappa shape index (κ1) is 16.2. The van der Waals surface area contributed by atoms with Crippen LogP contribution in [0.3, 0.4) is 0 Å². The van der Waals surface area contributed by atoms with Gasteiger partial charge in [0.2, 0.25) is 5.91 Å². The number of nitrogens with one attached hydrogen (secondary N) is 1. The molecule has 1 unspecified atom stereocenters. The molecule has 0 spiro atoms. The van der Waals surface area contributed by atoms with Gasteiger partial charge in [-0.3, -0.25) is 9.59 Å². The fourth-order valence-corrected chi connectivity index (χ4v) is 2.30. The maximum atomic E-state index is 12.6. The van der Waals surface area contributed by atoms with Crippen molar-refractivity contribution in [3.05, 3.63) is 29.1 Å². The Balaban J connectivity index is 2.31. The summed E-state index contributed by atoms with van der Waals surface area (Å²) in [7, 11) is 0. The van der Waals surface area contributed by atoms with Crippen molar-refractivity contribution in [2.45, 2.75) is 19.1 Å². The number of aromatic nitrogens is 1. The van der Waals surface area contributed by atoms with Crippen LogP contribution in [0, 0.1) is 6.92 Å². The highest BCUT2D eigenvalue weighted by atomic mass is 19.4. The quantitative estimate of drug-likeness (QED) is 0.822. The zero-order valence-corrected chi connectivity index (χ0v) is 11.8. The summed E-state index contributed by atoms with van der Waals surface area (Å²) in [6.45, 7) is 2.26. The van der Waals surface area contributed by atoms with Crippen LogP contribution in [0.15, 0.2) is 12.1 Å².